The molecule has 8 heteroatoms. The summed E-state index contributed by atoms with van der Waals surface area (Å²) in [4.78, 5) is 4.72. The van der Waals surface area contributed by atoms with Crippen LogP contribution in [0, 0.1) is 6.92 Å². The van der Waals surface area contributed by atoms with Gasteiger partial charge >= 0.3 is 0 Å². The number of ether oxygens (including phenoxy) is 2. The van der Waals surface area contributed by atoms with Crippen LogP contribution in [0.4, 0.5) is 0 Å². The van der Waals surface area contributed by atoms with E-state index in [-0.39, 0.29) is 0 Å². The van der Waals surface area contributed by atoms with E-state index in [4.69, 9.17) is 14.5 Å². The van der Waals surface area contributed by atoms with Gasteiger partial charge in [0, 0.05) is 33.4 Å². The summed E-state index contributed by atoms with van der Waals surface area (Å²) < 4.78 is 12.5. The third-order valence-corrected chi connectivity index (χ3v) is 4.70. The summed E-state index contributed by atoms with van der Waals surface area (Å²) in [5, 5.41) is 15.3. The minimum atomic E-state index is 0.509. The molecule has 0 amide bonds. The lowest BCUT2D eigenvalue weighted by atomic mass is 9.96. The molecular weight excluding hydrogens is 332 g/mol. The average molecular weight is 367 g/mol. The second-order valence-corrected chi connectivity index (χ2v) is 6.75. The summed E-state index contributed by atoms with van der Waals surface area (Å²) in [6.45, 7) is 5.29. The number of nitrogens with one attached hydrogen (secondary N) is 2. The van der Waals surface area contributed by atoms with Crippen LogP contribution in [0.1, 0.15) is 50.2 Å². The van der Waals surface area contributed by atoms with Crippen molar-refractivity contribution in [2.24, 2.45) is 12.0 Å². The number of guanidine groups is 1. The average Bonchev–Trinajstić information content (AvgIpc) is 2.98. The Morgan fingerprint density at radius 3 is 2.69 bits per heavy atom. The van der Waals surface area contributed by atoms with Crippen molar-refractivity contribution in [1.82, 2.24) is 25.4 Å². The normalized spacial score (nSPS) is 16.0. The predicted octanol–water partition coefficient (Wildman–Crippen LogP) is 1.54. The number of methoxy groups -OCH3 is 1. The molecule has 2 rings (SSSR count). The van der Waals surface area contributed by atoms with Gasteiger partial charge < -0.3 is 24.7 Å². The van der Waals surface area contributed by atoms with Crippen molar-refractivity contribution in [2.75, 3.05) is 33.5 Å². The van der Waals surface area contributed by atoms with Gasteiger partial charge in [-0.1, -0.05) is 19.3 Å². The van der Waals surface area contributed by atoms with Crippen LogP contribution >= 0.6 is 0 Å². The van der Waals surface area contributed by atoms with Crippen molar-refractivity contribution < 1.29 is 9.47 Å². The Morgan fingerprint density at radius 1 is 1.19 bits per heavy atom. The van der Waals surface area contributed by atoms with Crippen molar-refractivity contribution in [3.63, 3.8) is 0 Å². The van der Waals surface area contributed by atoms with Gasteiger partial charge in [0.2, 0.25) is 0 Å². The molecule has 0 atom stereocenters. The van der Waals surface area contributed by atoms with Crippen LogP contribution in [0.3, 0.4) is 0 Å². The van der Waals surface area contributed by atoms with E-state index in [0.717, 1.165) is 37.2 Å². The summed E-state index contributed by atoms with van der Waals surface area (Å²) in [6, 6.07) is 0.509. The topological polar surface area (TPSA) is 85.6 Å². The highest BCUT2D eigenvalue weighted by atomic mass is 16.5. The molecule has 1 aliphatic rings. The third-order valence-electron chi connectivity index (χ3n) is 4.70. The number of hydrogen-bond donors (Lipinski definition) is 2. The Bertz CT molecular complexity index is 540. The maximum Gasteiger partial charge on any atom is 0.191 e. The third kappa shape index (κ3) is 7.29. The number of aryl methyl sites for hydroxylation is 1. The molecule has 1 aliphatic carbocycles. The molecule has 0 radical (unpaired) electrons. The maximum absolute atomic E-state index is 5.51. The van der Waals surface area contributed by atoms with Gasteiger partial charge in [-0.15, -0.1) is 10.2 Å². The lowest BCUT2D eigenvalue weighted by Crippen LogP contribution is -2.44. The summed E-state index contributed by atoms with van der Waals surface area (Å²) in [5.74, 6) is 2.63. The zero-order chi connectivity index (χ0) is 18.6. The molecule has 1 saturated carbocycles. The largest absolute Gasteiger partial charge is 0.382 e. The minimum Gasteiger partial charge on any atom is -0.382 e. The lowest BCUT2D eigenvalue weighted by Gasteiger charge is -2.25. The number of rotatable bonds is 10. The molecule has 1 heterocycles. The Labute approximate surface area is 156 Å². The van der Waals surface area contributed by atoms with Crippen molar-refractivity contribution in [2.45, 2.75) is 58.0 Å². The summed E-state index contributed by atoms with van der Waals surface area (Å²) in [6.07, 6.45) is 7.28. The fourth-order valence-corrected chi connectivity index (χ4v) is 2.96. The molecule has 2 N–H and O–H groups in total. The summed E-state index contributed by atoms with van der Waals surface area (Å²) in [7, 11) is 3.66. The Morgan fingerprint density at radius 2 is 2.00 bits per heavy atom. The zero-order valence-electron chi connectivity index (χ0n) is 16.5. The first kappa shape index (κ1) is 20.6. The maximum atomic E-state index is 5.51. The molecule has 0 spiro atoms. The van der Waals surface area contributed by atoms with E-state index in [1.54, 1.807) is 7.11 Å². The van der Waals surface area contributed by atoms with Crippen LogP contribution < -0.4 is 10.6 Å². The summed E-state index contributed by atoms with van der Waals surface area (Å²) >= 11 is 0. The molecule has 8 nitrogen and oxygen atoms in total. The van der Waals surface area contributed by atoms with E-state index in [1.165, 1.54) is 32.1 Å². The van der Waals surface area contributed by atoms with Crippen molar-refractivity contribution in [1.29, 1.82) is 0 Å². The van der Waals surface area contributed by atoms with E-state index in [9.17, 15) is 0 Å². The molecule has 0 saturated heterocycles. The van der Waals surface area contributed by atoms with Gasteiger partial charge in [0.1, 0.15) is 12.4 Å². The molecule has 0 unspecified atom stereocenters. The smallest absolute Gasteiger partial charge is 0.191 e. The van der Waals surface area contributed by atoms with Crippen molar-refractivity contribution in [3.8, 4) is 0 Å². The first-order valence-electron chi connectivity index (χ1n) is 9.67. The molecular formula is C18H34N6O2. The fraction of sp³-hybridized carbons (Fsp3) is 0.833. The molecule has 1 fully saturated rings. The molecule has 26 heavy (non-hydrogen) atoms. The molecule has 148 valence electrons. The monoisotopic (exact) mass is 366 g/mol. The highest BCUT2D eigenvalue weighted by molar-refractivity contribution is 5.80. The SMILES string of the molecule is COCCOCCCNC(=NCc1nnc(C)n1C)NC1CCCCC1. The highest BCUT2D eigenvalue weighted by Crippen LogP contribution is 2.17. The minimum absolute atomic E-state index is 0.509. The first-order chi connectivity index (χ1) is 12.7. The van der Waals surface area contributed by atoms with Crippen LogP contribution in [0.2, 0.25) is 0 Å². The van der Waals surface area contributed by atoms with Crippen LogP contribution in [0.25, 0.3) is 0 Å². The summed E-state index contributed by atoms with van der Waals surface area (Å²) in [5.41, 5.74) is 0. The molecule has 0 bridgehead atoms. The standard InChI is InChI=1S/C18H34N6O2/c1-15-22-23-17(24(15)2)14-20-18(21-16-8-5-4-6-9-16)19-10-7-11-26-13-12-25-3/h16H,4-14H2,1-3H3,(H2,19,20,21). The van der Waals surface area contributed by atoms with Crippen LogP contribution in [0.5, 0.6) is 0 Å². The van der Waals surface area contributed by atoms with E-state index >= 15 is 0 Å². The predicted molar refractivity (Wildman–Crippen MR) is 102 cm³/mol. The van der Waals surface area contributed by atoms with Gasteiger partial charge in [-0.25, -0.2) is 4.99 Å². The van der Waals surface area contributed by atoms with Gasteiger partial charge in [0.05, 0.1) is 13.2 Å². The van der Waals surface area contributed by atoms with E-state index in [1.807, 2.05) is 18.5 Å². The molecule has 1 aromatic heterocycles. The van der Waals surface area contributed by atoms with Gasteiger partial charge in [0.15, 0.2) is 11.8 Å². The van der Waals surface area contributed by atoms with Crippen molar-refractivity contribution >= 4 is 5.96 Å². The van der Waals surface area contributed by atoms with Gasteiger partial charge in [-0.05, 0) is 26.2 Å². The number of nitrogens with zero attached hydrogens (tertiary/aromatic N) is 4. The number of hydrogen-bond acceptors (Lipinski definition) is 5. The van der Waals surface area contributed by atoms with Crippen molar-refractivity contribution in [3.05, 3.63) is 11.6 Å². The van der Waals surface area contributed by atoms with Gasteiger partial charge in [-0.2, -0.15) is 0 Å². The first-order valence-corrected chi connectivity index (χ1v) is 9.67. The Balaban J connectivity index is 1.82. The fourth-order valence-electron chi connectivity index (χ4n) is 2.96. The van der Waals surface area contributed by atoms with Crippen LogP contribution in [-0.4, -0.2) is 60.2 Å². The second-order valence-electron chi connectivity index (χ2n) is 6.75. The lowest BCUT2D eigenvalue weighted by molar-refractivity contribution is 0.0698. The molecule has 1 aromatic rings. The quantitative estimate of drug-likeness (QED) is 0.371. The van der Waals surface area contributed by atoms with E-state index in [0.29, 0.717) is 25.8 Å². The molecule has 0 aliphatic heterocycles. The van der Waals surface area contributed by atoms with Crippen LogP contribution in [-0.2, 0) is 23.1 Å². The van der Waals surface area contributed by atoms with Crippen LogP contribution in [0.15, 0.2) is 4.99 Å². The van der Waals surface area contributed by atoms with E-state index < -0.39 is 0 Å². The number of aliphatic imine (C=N–C) groups is 1. The highest BCUT2D eigenvalue weighted by Gasteiger charge is 2.15. The van der Waals surface area contributed by atoms with E-state index in [2.05, 4.69) is 20.8 Å². The molecule has 0 aromatic carbocycles. The van der Waals surface area contributed by atoms with Gasteiger partial charge in [0.25, 0.3) is 0 Å². The zero-order valence-corrected chi connectivity index (χ0v) is 16.5. The van der Waals surface area contributed by atoms with Gasteiger partial charge in [-0.3, -0.25) is 0 Å². The second kappa shape index (κ2) is 11.9. The Hall–Kier alpha value is -1.67. The Kier molecular flexibility index (Phi) is 9.41. The number of aromatic nitrogens is 3.